The predicted molar refractivity (Wildman–Crippen MR) is 105 cm³/mol. The maximum Gasteiger partial charge on any atom is 0.242 e. The van der Waals surface area contributed by atoms with Crippen molar-refractivity contribution in [2.75, 3.05) is 21.2 Å². The Labute approximate surface area is 165 Å². The van der Waals surface area contributed by atoms with Gasteiger partial charge in [-0.1, -0.05) is 23.7 Å². The Kier molecular flexibility index (Phi) is 7.24. The molecule has 0 unspecified atom stereocenters. The number of halogens is 1. The Morgan fingerprint density at radius 1 is 1.15 bits per heavy atom. The Balaban J connectivity index is 2.03. The van der Waals surface area contributed by atoms with Crippen LogP contribution in [-0.4, -0.2) is 39.8 Å². The molecule has 146 valence electrons. The van der Waals surface area contributed by atoms with Crippen LogP contribution in [0.4, 0.5) is 0 Å². The molecular weight excluding hydrogens is 388 g/mol. The highest BCUT2D eigenvalue weighted by Crippen LogP contribution is 2.25. The van der Waals surface area contributed by atoms with E-state index in [4.69, 9.17) is 16.3 Å². The van der Waals surface area contributed by atoms with Crippen molar-refractivity contribution in [1.82, 2.24) is 9.62 Å². The Bertz CT molecular complexity index is 896. The van der Waals surface area contributed by atoms with Crippen LogP contribution in [-0.2, 0) is 27.8 Å². The van der Waals surface area contributed by atoms with Crippen LogP contribution in [0.2, 0.25) is 5.02 Å². The van der Waals surface area contributed by atoms with Crippen LogP contribution in [0.15, 0.2) is 47.4 Å². The van der Waals surface area contributed by atoms with Gasteiger partial charge < -0.3 is 10.1 Å². The van der Waals surface area contributed by atoms with E-state index in [-0.39, 0.29) is 17.2 Å². The topological polar surface area (TPSA) is 75.7 Å². The van der Waals surface area contributed by atoms with Gasteiger partial charge in [0.25, 0.3) is 0 Å². The third kappa shape index (κ3) is 5.69. The highest BCUT2D eigenvalue weighted by molar-refractivity contribution is 7.89. The number of hydrogen-bond acceptors (Lipinski definition) is 4. The van der Waals surface area contributed by atoms with E-state index in [0.717, 1.165) is 9.87 Å². The summed E-state index contributed by atoms with van der Waals surface area (Å²) in [7, 11) is 0.918. The van der Waals surface area contributed by atoms with Gasteiger partial charge >= 0.3 is 0 Å². The van der Waals surface area contributed by atoms with Crippen LogP contribution in [0.5, 0.6) is 5.75 Å². The normalized spacial score (nSPS) is 11.4. The van der Waals surface area contributed by atoms with Crippen molar-refractivity contribution in [2.24, 2.45) is 0 Å². The van der Waals surface area contributed by atoms with Crippen molar-refractivity contribution < 1.29 is 17.9 Å². The largest absolute Gasteiger partial charge is 0.496 e. The zero-order valence-electron chi connectivity index (χ0n) is 15.5. The van der Waals surface area contributed by atoms with Crippen LogP contribution >= 0.6 is 11.6 Å². The van der Waals surface area contributed by atoms with E-state index in [1.54, 1.807) is 24.3 Å². The van der Waals surface area contributed by atoms with Gasteiger partial charge in [0, 0.05) is 32.1 Å². The minimum absolute atomic E-state index is 0.132. The number of ether oxygens (including phenoxy) is 1. The molecule has 0 aliphatic heterocycles. The van der Waals surface area contributed by atoms with E-state index >= 15 is 0 Å². The van der Waals surface area contributed by atoms with Gasteiger partial charge in [-0.2, -0.15) is 0 Å². The van der Waals surface area contributed by atoms with Crippen molar-refractivity contribution >= 4 is 27.5 Å². The zero-order chi connectivity index (χ0) is 20.0. The molecule has 2 rings (SSSR count). The molecule has 0 atom stereocenters. The lowest BCUT2D eigenvalue weighted by molar-refractivity contribution is -0.121. The molecule has 0 saturated heterocycles. The van der Waals surface area contributed by atoms with Gasteiger partial charge in [0.15, 0.2) is 0 Å². The van der Waals surface area contributed by atoms with Crippen LogP contribution in [0.25, 0.3) is 0 Å². The highest BCUT2D eigenvalue weighted by atomic mass is 35.5. The first-order valence-electron chi connectivity index (χ1n) is 8.34. The Morgan fingerprint density at radius 3 is 2.41 bits per heavy atom. The molecule has 0 heterocycles. The van der Waals surface area contributed by atoms with Crippen molar-refractivity contribution in [2.45, 2.75) is 24.3 Å². The number of methoxy groups -OCH3 is 1. The quantitative estimate of drug-likeness (QED) is 0.726. The summed E-state index contributed by atoms with van der Waals surface area (Å²) in [6, 6.07) is 11.9. The minimum atomic E-state index is -3.55. The molecule has 6 nitrogen and oxygen atoms in total. The fourth-order valence-electron chi connectivity index (χ4n) is 2.46. The van der Waals surface area contributed by atoms with Crippen LogP contribution in [0, 0.1) is 0 Å². The number of benzene rings is 2. The second-order valence-corrected chi connectivity index (χ2v) is 8.75. The summed E-state index contributed by atoms with van der Waals surface area (Å²) in [6.45, 7) is 0.405. The number of nitrogens with one attached hydrogen (secondary N) is 1. The lowest BCUT2D eigenvalue weighted by atomic mass is 10.1. The molecule has 8 heteroatoms. The molecule has 0 spiro atoms. The number of carbonyl (C=O) groups is 1. The first-order chi connectivity index (χ1) is 12.7. The summed E-state index contributed by atoms with van der Waals surface area (Å²) in [4.78, 5) is 12.3. The second-order valence-electron chi connectivity index (χ2n) is 6.16. The van der Waals surface area contributed by atoms with Crippen molar-refractivity contribution in [3.8, 4) is 5.75 Å². The van der Waals surface area contributed by atoms with E-state index in [9.17, 15) is 13.2 Å². The van der Waals surface area contributed by atoms with Gasteiger partial charge in [0.05, 0.1) is 12.0 Å². The van der Waals surface area contributed by atoms with Gasteiger partial charge in [0.2, 0.25) is 15.9 Å². The van der Waals surface area contributed by atoms with Crippen LogP contribution in [0.1, 0.15) is 17.5 Å². The standard InChI is InChI=1S/C19H23ClN2O4S/c1-22(2)27(24,25)17-9-10-18(26-3)15(12-17)6-11-19(23)21-13-14-4-7-16(20)8-5-14/h4-5,7-10,12H,6,11,13H2,1-3H3,(H,21,23). The first-order valence-corrected chi connectivity index (χ1v) is 10.2. The maximum atomic E-state index is 12.3. The Morgan fingerprint density at radius 2 is 1.81 bits per heavy atom. The third-order valence-corrected chi connectivity index (χ3v) is 6.12. The number of carbonyl (C=O) groups excluding carboxylic acids is 1. The summed E-state index contributed by atoms with van der Waals surface area (Å²) in [6.07, 6.45) is 0.585. The summed E-state index contributed by atoms with van der Waals surface area (Å²) >= 11 is 5.84. The molecule has 0 aliphatic rings. The highest BCUT2D eigenvalue weighted by Gasteiger charge is 2.19. The smallest absolute Gasteiger partial charge is 0.242 e. The average molecular weight is 411 g/mol. The summed E-state index contributed by atoms with van der Waals surface area (Å²) in [5.41, 5.74) is 1.62. The molecule has 0 radical (unpaired) electrons. The van der Waals surface area contributed by atoms with Gasteiger partial charge in [0.1, 0.15) is 5.75 Å². The molecule has 0 bridgehead atoms. The van der Waals surface area contributed by atoms with Gasteiger partial charge in [-0.15, -0.1) is 0 Å². The number of amides is 1. The van der Waals surface area contributed by atoms with Gasteiger partial charge in [-0.3, -0.25) is 4.79 Å². The maximum absolute atomic E-state index is 12.3. The Hall–Kier alpha value is -2.09. The second kappa shape index (κ2) is 9.21. The molecule has 0 fully saturated rings. The molecule has 0 aliphatic carbocycles. The molecule has 1 N–H and O–H groups in total. The molecule has 1 amide bonds. The number of nitrogens with zero attached hydrogens (tertiary/aromatic N) is 1. The number of rotatable bonds is 8. The van der Waals surface area contributed by atoms with Crippen LogP contribution in [0.3, 0.4) is 0 Å². The summed E-state index contributed by atoms with van der Waals surface area (Å²) in [5, 5.41) is 3.48. The molecule has 2 aromatic rings. The van der Waals surface area contributed by atoms with Crippen molar-refractivity contribution in [3.05, 3.63) is 58.6 Å². The fraction of sp³-hybridized carbons (Fsp3) is 0.316. The van der Waals surface area contributed by atoms with Crippen LogP contribution < -0.4 is 10.1 Å². The third-order valence-electron chi connectivity index (χ3n) is 4.05. The predicted octanol–water partition coefficient (Wildman–Crippen LogP) is 2.85. The molecule has 27 heavy (non-hydrogen) atoms. The van der Waals surface area contributed by atoms with Gasteiger partial charge in [-0.05, 0) is 47.9 Å². The first kappa shape index (κ1) is 21.2. The molecule has 0 saturated carbocycles. The average Bonchev–Trinajstić information content (AvgIpc) is 2.65. The lowest BCUT2D eigenvalue weighted by Crippen LogP contribution is -2.23. The molecule has 0 aromatic heterocycles. The summed E-state index contributed by atoms with van der Waals surface area (Å²) < 4.78 is 31.0. The SMILES string of the molecule is COc1ccc(S(=O)(=O)N(C)C)cc1CCC(=O)NCc1ccc(Cl)cc1. The minimum Gasteiger partial charge on any atom is -0.496 e. The lowest BCUT2D eigenvalue weighted by Gasteiger charge is -2.14. The van der Waals surface area contributed by atoms with E-state index in [1.807, 2.05) is 12.1 Å². The van der Waals surface area contributed by atoms with Gasteiger partial charge in [-0.25, -0.2) is 12.7 Å². The molecule has 2 aromatic carbocycles. The zero-order valence-corrected chi connectivity index (χ0v) is 17.1. The summed E-state index contributed by atoms with van der Waals surface area (Å²) in [5.74, 6) is 0.422. The number of aryl methyl sites for hydroxylation is 1. The van der Waals surface area contributed by atoms with E-state index in [0.29, 0.717) is 29.3 Å². The van der Waals surface area contributed by atoms with Crippen molar-refractivity contribution in [3.63, 3.8) is 0 Å². The monoisotopic (exact) mass is 410 g/mol. The van der Waals surface area contributed by atoms with E-state index in [1.165, 1.54) is 27.3 Å². The van der Waals surface area contributed by atoms with E-state index < -0.39 is 10.0 Å². The number of sulfonamides is 1. The number of hydrogen-bond donors (Lipinski definition) is 1. The van der Waals surface area contributed by atoms with Crippen molar-refractivity contribution in [1.29, 1.82) is 0 Å². The molecular formula is C19H23ClN2O4S. The fourth-order valence-corrected chi connectivity index (χ4v) is 3.54. The van der Waals surface area contributed by atoms with E-state index in [2.05, 4.69) is 5.32 Å².